The smallest absolute Gasteiger partial charge is 0.332 e. The Hall–Kier alpha value is -2.04. The number of carbonyl (C=O) groups excluding carboxylic acids is 1. The van der Waals surface area contributed by atoms with Crippen LogP contribution in [0, 0.1) is 0 Å². The van der Waals surface area contributed by atoms with E-state index in [0.717, 1.165) is 0 Å². The van der Waals surface area contributed by atoms with Crippen LogP contribution in [0.15, 0.2) is 18.1 Å². The Morgan fingerprint density at radius 1 is 1.50 bits per heavy atom. The third kappa shape index (κ3) is 1.28. The lowest BCUT2D eigenvalue weighted by atomic mass is 9.96. The van der Waals surface area contributed by atoms with E-state index < -0.39 is 5.97 Å². The summed E-state index contributed by atoms with van der Waals surface area (Å²) in [6.45, 7) is 0. The van der Waals surface area contributed by atoms with E-state index in [1.165, 1.54) is 18.6 Å². The summed E-state index contributed by atoms with van der Waals surface area (Å²) in [5.41, 5.74) is 0.840. The van der Waals surface area contributed by atoms with Crippen LogP contribution in [-0.4, -0.2) is 26.8 Å². The maximum atomic E-state index is 11.4. The van der Waals surface area contributed by atoms with Gasteiger partial charge in [0.2, 0.25) is 0 Å². The molecular formula is C9H6N2O3. The molecule has 0 aromatic carbocycles. The number of aliphatic carboxylic acids is 1. The SMILES string of the molecule is O=C(O)C1=Cc2ncncc2C(=O)C1. The number of Topliss-reactive ketones (excluding diaryl/α,β-unsaturated/α-hetero) is 1. The van der Waals surface area contributed by atoms with Crippen LogP contribution < -0.4 is 0 Å². The van der Waals surface area contributed by atoms with Gasteiger partial charge in [0, 0.05) is 18.2 Å². The standard InChI is InChI=1S/C9H6N2O3/c12-8-2-5(9(13)14)1-7-6(8)3-10-4-11-7/h1,3-4H,2H2,(H,13,14). The number of rotatable bonds is 1. The van der Waals surface area contributed by atoms with Crippen LogP contribution in [-0.2, 0) is 4.79 Å². The molecule has 70 valence electrons. The van der Waals surface area contributed by atoms with Crippen LogP contribution in [0.2, 0.25) is 0 Å². The lowest BCUT2D eigenvalue weighted by Crippen LogP contribution is -2.14. The van der Waals surface area contributed by atoms with Crippen molar-refractivity contribution in [1.29, 1.82) is 0 Å². The van der Waals surface area contributed by atoms with Crippen molar-refractivity contribution >= 4 is 17.8 Å². The Balaban J connectivity index is 2.56. The summed E-state index contributed by atoms with van der Waals surface area (Å²) in [5.74, 6) is -1.33. The average molecular weight is 190 g/mol. The van der Waals surface area contributed by atoms with Crippen molar-refractivity contribution in [2.24, 2.45) is 0 Å². The summed E-state index contributed by atoms with van der Waals surface area (Å²) in [4.78, 5) is 29.6. The highest BCUT2D eigenvalue weighted by Crippen LogP contribution is 2.21. The Morgan fingerprint density at radius 2 is 2.29 bits per heavy atom. The molecule has 14 heavy (non-hydrogen) atoms. The number of nitrogens with zero attached hydrogens (tertiary/aromatic N) is 2. The van der Waals surface area contributed by atoms with Gasteiger partial charge in [-0.05, 0) is 6.08 Å². The lowest BCUT2D eigenvalue weighted by molar-refractivity contribution is -0.132. The summed E-state index contributed by atoms with van der Waals surface area (Å²) in [5, 5.41) is 8.72. The first kappa shape index (κ1) is 8.55. The normalized spacial score (nSPS) is 14.6. The molecule has 1 N–H and O–H groups in total. The quantitative estimate of drug-likeness (QED) is 0.698. The van der Waals surface area contributed by atoms with Gasteiger partial charge in [-0.3, -0.25) is 4.79 Å². The number of hydrogen-bond donors (Lipinski definition) is 1. The highest BCUT2D eigenvalue weighted by atomic mass is 16.4. The molecular weight excluding hydrogens is 184 g/mol. The number of ketones is 1. The van der Waals surface area contributed by atoms with Crippen LogP contribution in [0.5, 0.6) is 0 Å². The van der Waals surface area contributed by atoms with E-state index in [-0.39, 0.29) is 17.8 Å². The van der Waals surface area contributed by atoms with Crippen molar-refractivity contribution in [2.75, 3.05) is 0 Å². The monoisotopic (exact) mass is 190 g/mol. The summed E-state index contributed by atoms with van der Waals surface area (Å²) in [6.07, 6.45) is 4.00. The van der Waals surface area contributed by atoms with E-state index >= 15 is 0 Å². The highest BCUT2D eigenvalue weighted by Gasteiger charge is 2.22. The van der Waals surface area contributed by atoms with E-state index in [0.29, 0.717) is 11.3 Å². The summed E-state index contributed by atoms with van der Waals surface area (Å²) in [6, 6.07) is 0. The second-order valence-electron chi connectivity index (χ2n) is 2.90. The van der Waals surface area contributed by atoms with E-state index in [1.807, 2.05) is 0 Å². The van der Waals surface area contributed by atoms with Gasteiger partial charge in [0.1, 0.15) is 6.33 Å². The number of carboxylic acids is 1. The molecule has 0 bridgehead atoms. The third-order valence-electron chi connectivity index (χ3n) is 1.98. The molecule has 0 fully saturated rings. The van der Waals surface area contributed by atoms with Crippen molar-refractivity contribution in [3.63, 3.8) is 0 Å². The molecule has 0 aliphatic heterocycles. The first-order chi connectivity index (χ1) is 6.68. The van der Waals surface area contributed by atoms with Crippen molar-refractivity contribution in [1.82, 2.24) is 9.97 Å². The molecule has 5 nitrogen and oxygen atoms in total. The van der Waals surface area contributed by atoms with Gasteiger partial charge in [-0.2, -0.15) is 0 Å². The van der Waals surface area contributed by atoms with Gasteiger partial charge in [-0.15, -0.1) is 0 Å². The van der Waals surface area contributed by atoms with E-state index in [9.17, 15) is 9.59 Å². The average Bonchev–Trinajstić information content (AvgIpc) is 2.17. The molecule has 0 saturated carbocycles. The minimum absolute atomic E-state index is 0.0706. The van der Waals surface area contributed by atoms with Crippen molar-refractivity contribution in [2.45, 2.75) is 6.42 Å². The molecule has 1 aromatic heterocycles. The van der Waals surface area contributed by atoms with Crippen molar-refractivity contribution < 1.29 is 14.7 Å². The largest absolute Gasteiger partial charge is 0.478 e. The zero-order chi connectivity index (χ0) is 10.1. The maximum Gasteiger partial charge on any atom is 0.332 e. The zero-order valence-electron chi connectivity index (χ0n) is 7.10. The van der Waals surface area contributed by atoms with Gasteiger partial charge in [0.25, 0.3) is 0 Å². The number of carboxylic acid groups (broad SMARTS) is 1. The van der Waals surface area contributed by atoms with Crippen LogP contribution >= 0.6 is 0 Å². The fraction of sp³-hybridized carbons (Fsp3) is 0.111. The summed E-state index contributed by atoms with van der Waals surface area (Å²) >= 11 is 0. The van der Waals surface area contributed by atoms with Crippen molar-refractivity contribution in [3.05, 3.63) is 29.4 Å². The van der Waals surface area contributed by atoms with Crippen LogP contribution in [0.4, 0.5) is 0 Å². The topological polar surface area (TPSA) is 80.2 Å². The maximum absolute atomic E-state index is 11.4. The molecule has 0 saturated heterocycles. The Labute approximate surface area is 79.1 Å². The first-order valence-electron chi connectivity index (χ1n) is 3.95. The van der Waals surface area contributed by atoms with Gasteiger partial charge in [0.05, 0.1) is 11.3 Å². The van der Waals surface area contributed by atoms with E-state index in [1.54, 1.807) is 0 Å². The number of fused-ring (bicyclic) bond motifs is 1. The predicted molar refractivity (Wildman–Crippen MR) is 46.6 cm³/mol. The summed E-state index contributed by atoms with van der Waals surface area (Å²) in [7, 11) is 0. The molecule has 1 aromatic rings. The van der Waals surface area contributed by atoms with E-state index in [2.05, 4.69) is 9.97 Å². The Morgan fingerprint density at radius 3 is 3.00 bits per heavy atom. The minimum atomic E-state index is -1.08. The zero-order valence-corrected chi connectivity index (χ0v) is 7.10. The van der Waals surface area contributed by atoms with Gasteiger partial charge in [-0.25, -0.2) is 14.8 Å². The second kappa shape index (κ2) is 3.02. The molecule has 1 heterocycles. The number of aromatic nitrogens is 2. The first-order valence-corrected chi connectivity index (χ1v) is 3.95. The number of hydrogen-bond acceptors (Lipinski definition) is 4. The molecule has 0 atom stereocenters. The third-order valence-corrected chi connectivity index (χ3v) is 1.98. The fourth-order valence-corrected chi connectivity index (χ4v) is 1.29. The second-order valence-corrected chi connectivity index (χ2v) is 2.90. The minimum Gasteiger partial charge on any atom is -0.478 e. The lowest BCUT2D eigenvalue weighted by Gasteiger charge is -2.10. The van der Waals surface area contributed by atoms with Gasteiger partial charge < -0.3 is 5.11 Å². The molecule has 2 rings (SSSR count). The molecule has 0 unspecified atom stereocenters. The van der Waals surface area contributed by atoms with Gasteiger partial charge in [-0.1, -0.05) is 0 Å². The van der Waals surface area contributed by atoms with Crippen LogP contribution in [0.1, 0.15) is 22.5 Å². The molecule has 1 aliphatic rings. The number of carbonyl (C=O) groups is 2. The van der Waals surface area contributed by atoms with Gasteiger partial charge in [0.15, 0.2) is 5.78 Å². The van der Waals surface area contributed by atoms with Crippen molar-refractivity contribution in [3.8, 4) is 0 Å². The molecule has 0 amide bonds. The Kier molecular flexibility index (Phi) is 1.85. The molecule has 5 heteroatoms. The van der Waals surface area contributed by atoms with Crippen LogP contribution in [0.3, 0.4) is 0 Å². The Bertz CT molecular complexity index is 451. The molecule has 0 radical (unpaired) electrons. The van der Waals surface area contributed by atoms with E-state index in [4.69, 9.17) is 5.11 Å². The predicted octanol–water partition coefficient (Wildman–Crippen LogP) is 0.531. The molecule has 0 spiro atoms. The highest BCUT2D eigenvalue weighted by molar-refractivity contribution is 6.09. The molecule has 1 aliphatic carbocycles. The van der Waals surface area contributed by atoms with Gasteiger partial charge >= 0.3 is 5.97 Å². The van der Waals surface area contributed by atoms with Crippen LogP contribution in [0.25, 0.3) is 6.08 Å². The fourth-order valence-electron chi connectivity index (χ4n) is 1.29. The summed E-state index contributed by atoms with van der Waals surface area (Å²) < 4.78 is 0.